The molecule has 2 heterocycles. The number of nitrogens with two attached hydrogens (primary N) is 1. The van der Waals surface area contributed by atoms with E-state index in [1.165, 1.54) is 6.07 Å². The summed E-state index contributed by atoms with van der Waals surface area (Å²) in [5, 5.41) is 0. The molecule has 0 amide bonds. The van der Waals surface area contributed by atoms with E-state index in [0.717, 1.165) is 0 Å². The highest BCUT2D eigenvalue weighted by atomic mass is 79.9. The van der Waals surface area contributed by atoms with Crippen molar-refractivity contribution in [3.05, 3.63) is 40.8 Å². The van der Waals surface area contributed by atoms with Crippen molar-refractivity contribution in [3.63, 3.8) is 0 Å². The summed E-state index contributed by atoms with van der Waals surface area (Å²) in [6, 6.07) is 6.49. The first-order chi connectivity index (χ1) is 8.65. The third kappa shape index (κ3) is 1.74. The molecule has 0 atom stereocenters. The van der Waals surface area contributed by atoms with Gasteiger partial charge in [-0.3, -0.25) is 4.98 Å². The molecule has 0 radical (unpaired) electrons. The van der Waals surface area contributed by atoms with Crippen LogP contribution in [0, 0.1) is 5.82 Å². The second-order valence-electron chi connectivity index (χ2n) is 3.81. The van der Waals surface area contributed by atoms with Crippen molar-refractivity contribution in [2.24, 2.45) is 0 Å². The highest BCUT2D eigenvalue weighted by molar-refractivity contribution is 9.10. The van der Waals surface area contributed by atoms with Crippen molar-refractivity contribution in [3.8, 4) is 11.5 Å². The third-order valence-electron chi connectivity index (χ3n) is 2.59. The van der Waals surface area contributed by atoms with Gasteiger partial charge < -0.3 is 10.7 Å². The molecule has 0 aliphatic carbocycles. The molecule has 3 aromatic rings. The molecule has 3 N–H and O–H groups in total. The number of benzene rings is 1. The summed E-state index contributed by atoms with van der Waals surface area (Å²) >= 11 is 3.13. The van der Waals surface area contributed by atoms with Crippen LogP contribution in [0.2, 0.25) is 0 Å². The van der Waals surface area contributed by atoms with Crippen molar-refractivity contribution in [2.45, 2.75) is 0 Å². The van der Waals surface area contributed by atoms with Gasteiger partial charge in [0.2, 0.25) is 0 Å². The van der Waals surface area contributed by atoms with E-state index in [1.54, 1.807) is 24.4 Å². The number of rotatable bonds is 1. The Kier molecular flexibility index (Phi) is 2.52. The average molecular weight is 307 g/mol. The maximum absolute atomic E-state index is 13.4. The van der Waals surface area contributed by atoms with Crippen LogP contribution in [0.25, 0.3) is 22.6 Å². The summed E-state index contributed by atoms with van der Waals surface area (Å²) in [7, 11) is 0. The van der Waals surface area contributed by atoms with Crippen LogP contribution in [0.15, 0.2) is 34.9 Å². The first-order valence-electron chi connectivity index (χ1n) is 5.21. The van der Waals surface area contributed by atoms with E-state index in [0.29, 0.717) is 32.7 Å². The van der Waals surface area contributed by atoms with Crippen LogP contribution < -0.4 is 5.73 Å². The second kappa shape index (κ2) is 4.06. The number of anilines is 1. The van der Waals surface area contributed by atoms with Crippen LogP contribution >= 0.6 is 15.9 Å². The molecule has 1 aromatic carbocycles. The third-order valence-corrected chi connectivity index (χ3v) is 3.19. The topological polar surface area (TPSA) is 67.6 Å². The van der Waals surface area contributed by atoms with Crippen molar-refractivity contribution >= 4 is 32.7 Å². The maximum atomic E-state index is 13.4. The first-order valence-corrected chi connectivity index (χ1v) is 6.00. The second-order valence-corrected chi connectivity index (χ2v) is 4.66. The quantitative estimate of drug-likeness (QED) is 0.726. The van der Waals surface area contributed by atoms with Gasteiger partial charge in [0.25, 0.3) is 0 Å². The van der Waals surface area contributed by atoms with Crippen LogP contribution in [0.1, 0.15) is 0 Å². The molecular weight excluding hydrogens is 299 g/mol. The fourth-order valence-electron chi connectivity index (χ4n) is 1.73. The number of aromatic amines is 1. The lowest BCUT2D eigenvalue weighted by Crippen LogP contribution is -1.93. The predicted octanol–water partition coefficient (Wildman–Crippen LogP) is 3.11. The van der Waals surface area contributed by atoms with Crippen LogP contribution in [-0.2, 0) is 0 Å². The minimum absolute atomic E-state index is 0.341. The van der Waals surface area contributed by atoms with Gasteiger partial charge in [0.05, 0.1) is 21.2 Å². The molecule has 2 aromatic heterocycles. The summed E-state index contributed by atoms with van der Waals surface area (Å²) in [6.07, 6.45) is 1.63. The monoisotopic (exact) mass is 306 g/mol. The SMILES string of the molecule is Nc1cccnc1-c1nc2cc(Br)c(F)cc2[nH]1. The number of nitrogens with zero attached hydrogens (tertiary/aromatic N) is 2. The molecule has 0 saturated carbocycles. The molecule has 6 heteroatoms. The van der Waals surface area contributed by atoms with Gasteiger partial charge in [-0.05, 0) is 34.1 Å². The lowest BCUT2D eigenvalue weighted by molar-refractivity contribution is 0.623. The first kappa shape index (κ1) is 11.2. The number of pyridine rings is 1. The highest BCUT2D eigenvalue weighted by Crippen LogP contribution is 2.26. The molecule has 0 aliphatic rings. The summed E-state index contributed by atoms with van der Waals surface area (Å²) in [4.78, 5) is 11.5. The zero-order valence-electron chi connectivity index (χ0n) is 9.11. The number of halogens is 2. The number of H-pyrrole nitrogens is 1. The van der Waals surface area contributed by atoms with Crippen molar-refractivity contribution < 1.29 is 4.39 Å². The lowest BCUT2D eigenvalue weighted by Gasteiger charge is -1.98. The summed E-state index contributed by atoms with van der Waals surface area (Å²) in [6.45, 7) is 0. The number of fused-ring (bicyclic) bond motifs is 1. The molecular formula is C12H8BrFN4. The number of nitrogen functional groups attached to an aromatic ring is 1. The summed E-state index contributed by atoms with van der Waals surface area (Å²) < 4.78 is 13.8. The number of imidazole rings is 1. The zero-order valence-corrected chi connectivity index (χ0v) is 10.7. The number of hydrogen-bond donors (Lipinski definition) is 2. The maximum Gasteiger partial charge on any atom is 0.159 e. The van der Waals surface area contributed by atoms with Crippen molar-refractivity contribution in [1.82, 2.24) is 15.0 Å². The standard InChI is InChI=1S/C12H8BrFN4/c13-6-4-9-10(5-7(6)14)18-12(17-9)11-8(15)2-1-3-16-11/h1-5H,15H2,(H,17,18). The Bertz CT molecular complexity index is 699. The molecule has 0 saturated heterocycles. The number of hydrogen-bond acceptors (Lipinski definition) is 3. The Morgan fingerprint density at radius 1 is 1.33 bits per heavy atom. The van der Waals surface area contributed by atoms with Crippen LogP contribution in [0.5, 0.6) is 0 Å². The fourth-order valence-corrected chi connectivity index (χ4v) is 2.06. The minimum Gasteiger partial charge on any atom is -0.397 e. The van der Waals surface area contributed by atoms with Gasteiger partial charge in [-0.15, -0.1) is 0 Å². The van der Waals surface area contributed by atoms with Gasteiger partial charge in [-0.25, -0.2) is 9.37 Å². The van der Waals surface area contributed by atoms with E-state index < -0.39 is 0 Å². The van der Waals surface area contributed by atoms with E-state index >= 15 is 0 Å². The molecule has 0 bridgehead atoms. The Balaban J connectivity index is 2.23. The minimum atomic E-state index is -0.341. The van der Waals surface area contributed by atoms with Gasteiger partial charge in [-0.1, -0.05) is 0 Å². The van der Waals surface area contributed by atoms with Gasteiger partial charge in [0.15, 0.2) is 5.82 Å². The Morgan fingerprint density at radius 3 is 2.94 bits per heavy atom. The lowest BCUT2D eigenvalue weighted by atomic mass is 10.3. The summed E-state index contributed by atoms with van der Waals surface area (Å²) in [5.41, 5.74) is 8.18. The van der Waals surface area contributed by atoms with E-state index in [1.807, 2.05) is 0 Å². The molecule has 3 rings (SSSR count). The normalized spacial score (nSPS) is 11.0. The van der Waals surface area contributed by atoms with E-state index in [4.69, 9.17) is 5.73 Å². The van der Waals surface area contributed by atoms with Gasteiger partial charge in [0, 0.05) is 12.3 Å². The predicted molar refractivity (Wildman–Crippen MR) is 71.4 cm³/mol. The average Bonchev–Trinajstić information content (AvgIpc) is 2.73. The van der Waals surface area contributed by atoms with Crippen molar-refractivity contribution in [1.29, 1.82) is 0 Å². The van der Waals surface area contributed by atoms with E-state index in [9.17, 15) is 4.39 Å². The summed E-state index contributed by atoms with van der Waals surface area (Å²) in [5.74, 6) is 0.187. The largest absolute Gasteiger partial charge is 0.397 e. The smallest absolute Gasteiger partial charge is 0.159 e. The Labute approximate surface area is 110 Å². The van der Waals surface area contributed by atoms with Crippen LogP contribution in [0.4, 0.5) is 10.1 Å². The van der Waals surface area contributed by atoms with Gasteiger partial charge in [0.1, 0.15) is 11.5 Å². The molecule has 4 nitrogen and oxygen atoms in total. The van der Waals surface area contributed by atoms with E-state index in [2.05, 4.69) is 30.9 Å². The Hall–Kier alpha value is -1.95. The van der Waals surface area contributed by atoms with Crippen LogP contribution in [0.3, 0.4) is 0 Å². The van der Waals surface area contributed by atoms with E-state index in [-0.39, 0.29) is 5.82 Å². The number of aromatic nitrogens is 3. The molecule has 0 unspecified atom stereocenters. The molecule has 0 aliphatic heterocycles. The highest BCUT2D eigenvalue weighted by Gasteiger charge is 2.11. The molecule has 90 valence electrons. The van der Waals surface area contributed by atoms with Gasteiger partial charge in [-0.2, -0.15) is 0 Å². The molecule has 0 spiro atoms. The van der Waals surface area contributed by atoms with Gasteiger partial charge >= 0.3 is 0 Å². The Morgan fingerprint density at radius 2 is 2.17 bits per heavy atom. The molecule has 18 heavy (non-hydrogen) atoms. The van der Waals surface area contributed by atoms with Crippen molar-refractivity contribution in [2.75, 3.05) is 5.73 Å². The number of nitrogens with one attached hydrogen (secondary N) is 1. The van der Waals surface area contributed by atoms with Crippen LogP contribution in [-0.4, -0.2) is 15.0 Å². The molecule has 0 fully saturated rings. The zero-order chi connectivity index (χ0) is 12.7. The fraction of sp³-hybridized carbons (Fsp3) is 0.